The molecular formula is C20H37N7. The predicted octanol–water partition coefficient (Wildman–Crippen LogP) is 2.18. The minimum atomic E-state index is 0.576. The SMILES string of the molecule is CCN(CC)CC1CCN(C(=NCc2nnc(C)n2C)NC2CCCC2)C1. The first kappa shape index (κ1) is 20.1. The summed E-state index contributed by atoms with van der Waals surface area (Å²) < 4.78 is 2.03. The van der Waals surface area contributed by atoms with Crippen molar-refractivity contribution in [3.8, 4) is 0 Å². The zero-order chi connectivity index (χ0) is 19.2. The quantitative estimate of drug-likeness (QED) is 0.585. The third-order valence-corrected chi connectivity index (χ3v) is 6.24. The third-order valence-electron chi connectivity index (χ3n) is 6.24. The maximum atomic E-state index is 4.96. The largest absolute Gasteiger partial charge is 0.353 e. The van der Waals surface area contributed by atoms with Crippen molar-refractivity contribution in [3.05, 3.63) is 11.6 Å². The summed E-state index contributed by atoms with van der Waals surface area (Å²) in [7, 11) is 2.01. The van der Waals surface area contributed by atoms with Gasteiger partial charge in [0.25, 0.3) is 0 Å². The zero-order valence-electron chi connectivity index (χ0n) is 17.6. The van der Waals surface area contributed by atoms with Crippen LogP contribution in [-0.2, 0) is 13.6 Å². The van der Waals surface area contributed by atoms with Crippen molar-refractivity contribution in [3.63, 3.8) is 0 Å². The molecule has 1 aliphatic carbocycles. The first-order chi connectivity index (χ1) is 13.1. The van der Waals surface area contributed by atoms with Crippen molar-refractivity contribution in [2.24, 2.45) is 18.0 Å². The number of nitrogens with zero attached hydrogens (tertiary/aromatic N) is 6. The Bertz CT molecular complexity index is 614. The molecule has 1 aromatic heterocycles. The van der Waals surface area contributed by atoms with Crippen molar-refractivity contribution in [2.75, 3.05) is 32.7 Å². The van der Waals surface area contributed by atoms with E-state index in [0.29, 0.717) is 12.6 Å². The summed E-state index contributed by atoms with van der Waals surface area (Å²) in [5.74, 6) is 3.67. The lowest BCUT2D eigenvalue weighted by Gasteiger charge is -2.26. The number of aliphatic imine (C=N–C) groups is 1. The van der Waals surface area contributed by atoms with E-state index in [9.17, 15) is 0 Å². The Morgan fingerprint density at radius 2 is 1.93 bits per heavy atom. The molecule has 3 rings (SSSR count). The van der Waals surface area contributed by atoms with Crippen LogP contribution in [0.4, 0.5) is 0 Å². The molecule has 7 nitrogen and oxygen atoms in total. The summed E-state index contributed by atoms with van der Waals surface area (Å²) in [6.45, 7) is 12.8. The molecule has 1 unspecified atom stereocenters. The molecule has 2 fully saturated rings. The van der Waals surface area contributed by atoms with Gasteiger partial charge in [0.2, 0.25) is 0 Å². The molecule has 1 atom stereocenters. The summed E-state index contributed by atoms with van der Waals surface area (Å²) >= 11 is 0. The number of aryl methyl sites for hydroxylation is 1. The van der Waals surface area contributed by atoms with Crippen molar-refractivity contribution in [2.45, 2.75) is 65.5 Å². The van der Waals surface area contributed by atoms with Crippen LogP contribution in [0.25, 0.3) is 0 Å². The Balaban J connectivity index is 1.66. The lowest BCUT2D eigenvalue weighted by Crippen LogP contribution is -2.44. The highest BCUT2D eigenvalue weighted by Crippen LogP contribution is 2.21. The Labute approximate surface area is 164 Å². The number of hydrogen-bond acceptors (Lipinski definition) is 4. The van der Waals surface area contributed by atoms with Crippen LogP contribution in [-0.4, -0.2) is 69.3 Å². The Hall–Kier alpha value is -1.63. The minimum Gasteiger partial charge on any atom is -0.353 e. The van der Waals surface area contributed by atoms with E-state index in [0.717, 1.165) is 49.7 Å². The number of likely N-dealkylation sites (tertiary alicyclic amines) is 1. The van der Waals surface area contributed by atoms with Crippen LogP contribution >= 0.6 is 0 Å². The first-order valence-corrected chi connectivity index (χ1v) is 10.7. The van der Waals surface area contributed by atoms with Crippen LogP contribution in [0.15, 0.2) is 4.99 Å². The van der Waals surface area contributed by atoms with E-state index >= 15 is 0 Å². The smallest absolute Gasteiger partial charge is 0.194 e. The van der Waals surface area contributed by atoms with E-state index in [1.54, 1.807) is 0 Å². The average molecular weight is 376 g/mol. The summed E-state index contributed by atoms with van der Waals surface area (Å²) in [6.07, 6.45) is 6.44. The molecule has 1 aromatic rings. The molecule has 1 N–H and O–H groups in total. The molecule has 0 bridgehead atoms. The molecule has 2 aliphatic rings. The van der Waals surface area contributed by atoms with Gasteiger partial charge < -0.3 is 19.7 Å². The Kier molecular flexibility index (Phi) is 7.10. The van der Waals surface area contributed by atoms with Gasteiger partial charge in [-0.05, 0) is 45.2 Å². The first-order valence-electron chi connectivity index (χ1n) is 10.7. The predicted molar refractivity (Wildman–Crippen MR) is 110 cm³/mol. The number of hydrogen-bond donors (Lipinski definition) is 1. The normalized spacial score (nSPS) is 21.6. The Morgan fingerprint density at radius 3 is 2.56 bits per heavy atom. The fourth-order valence-electron chi connectivity index (χ4n) is 4.24. The Morgan fingerprint density at radius 1 is 1.19 bits per heavy atom. The molecule has 2 heterocycles. The van der Waals surface area contributed by atoms with Crippen LogP contribution < -0.4 is 5.32 Å². The fraction of sp³-hybridized carbons (Fsp3) is 0.850. The lowest BCUT2D eigenvalue weighted by molar-refractivity contribution is 0.255. The second kappa shape index (κ2) is 9.53. The summed E-state index contributed by atoms with van der Waals surface area (Å²) in [5.41, 5.74) is 0. The van der Waals surface area contributed by atoms with Gasteiger partial charge in [-0.25, -0.2) is 4.99 Å². The molecule has 27 heavy (non-hydrogen) atoms. The van der Waals surface area contributed by atoms with Gasteiger partial charge in [0.05, 0.1) is 0 Å². The van der Waals surface area contributed by atoms with Crippen LogP contribution in [0, 0.1) is 12.8 Å². The molecular weight excluding hydrogens is 338 g/mol. The van der Waals surface area contributed by atoms with Crippen molar-refractivity contribution < 1.29 is 0 Å². The molecule has 0 aromatic carbocycles. The number of rotatable bonds is 7. The van der Waals surface area contributed by atoms with E-state index in [-0.39, 0.29) is 0 Å². The van der Waals surface area contributed by atoms with Crippen molar-refractivity contribution in [1.29, 1.82) is 0 Å². The van der Waals surface area contributed by atoms with Crippen molar-refractivity contribution in [1.82, 2.24) is 29.9 Å². The van der Waals surface area contributed by atoms with E-state index in [1.165, 1.54) is 38.6 Å². The summed E-state index contributed by atoms with van der Waals surface area (Å²) in [6, 6.07) is 0.576. The maximum Gasteiger partial charge on any atom is 0.194 e. The van der Waals surface area contributed by atoms with Crippen LogP contribution in [0.1, 0.15) is 57.6 Å². The van der Waals surface area contributed by atoms with Crippen LogP contribution in [0.3, 0.4) is 0 Å². The topological polar surface area (TPSA) is 61.6 Å². The minimum absolute atomic E-state index is 0.576. The molecule has 152 valence electrons. The maximum absolute atomic E-state index is 4.96. The molecule has 0 radical (unpaired) electrons. The van der Waals surface area contributed by atoms with E-state index in [2.05, 4.69) is 39.2 Å². The highest BCUT2D eigenvalue weighted by atomic mass is 15.3. The molecule has 1 aliphatic heterocycles. The van der Waals surface area contributed by atoms with Gasteiger partial charge in [0.15, 0.2) is 11.8 Å². The second-order valence-corrected chi connectivity index (χ2v) is 8.07. The molecule has 1 saturated carbocycles. The monoisotopic (exact) mass is 375 g/mol. The average Bonchev–Trinajstić information content (AvgIpc) is 3.41. The van der Waals surface area contributed by atoms with Gasteiger partial charge >= 0.3 is 0 Å². The van der Waals surface area contributed by atoms with Crippen molar-refractivity contribution >= 4 is 5.96 Å². The molecule has 0 amide bonds. The number of aromatic nitrogens is 3. The number of nitrogens with one attached hydrogen (secondary N) is 1. The standard InChI is InChI=1S/C20H37N7/c1-5-26(6-2)14-17-11-12-27(15-17)20(22-18-9-7-8-10-18)21-13-19-24-23-16(3)25(19)4/h17-18H,5-15H2,1-4H3,(H,21,22). The highest BCUT2D eigenvalue weighted by molar-refractivity contribution is 5.80. The number of guanidine groups is 1. The fourth-order valence-corrected chi connectivity index (χ4v) is 4.24. The second-order valence-electron chi connectivity index (χ2n) is 8.07. The van der Waals surface area contributed by atoms with Gasteiger partial charge in [0, 0.05) is 32.7 Å². The van der Waals surface area contributed by atoms with Gasteiger partial charge in [-0.1, -0.05) is 26.7 Å². The summed E-state index contributed by atoms with van der Waals surface area (Å²) in [4.78, 5) is 9.97. The van der Waals surface area contributed by atoms with E-state index in [1.807, 2.05) is 18.5 Å². The third kappa shape index (κ3) is 5.21. The molecule has 0 spiro atoms. The van der Waals surface area contributed by atoms with Gasteiger partial charge in [-0.15, -0.1) is 10.2 Å². The van der Waals surface area contributed by atoms with Gasteiger partial charge in [-0.3, -0.25) is 0 Å². The van der Waals surface area contributed by atoms with Gasteiger partial charge in [-0.2, -0.15) is 0 Å². The van der Waals surface area contributed by atoms with Gasteiger partial charge in [0.1, 0.15) is 12.4 Å². The zero-order valence-corrected chi connectivity index (χ0v) is 17.6. The van der Waals surface area contributed by atoms with Crippen LogP contribution in [0.2, 0.25) is 0 Å². The van der Waals surface area contributed by atoms with Crippen LogP contribution in [0.5, 0.6) is 0 Å². The molecule has 7 heteroatoms. The molecule has 1 saturated heterocycles. The highest BCUT2D eigenvalue weighted by Gasteiger charge is 2.28. The summed E-state index contributed by atoms with van der Waals surface area (Å²) in [5, 5.41) is 12.2. The van der Waals surface area contributed by atoms with E-state index < -0.39 is 0 Å². The lowest BCUT2D eigenvalue weighted by atomic mass is 10.1. The van der Waals surface area contributed by atoms with E-state index in [4.69, 9.17) is 4.99 Å².